The molecule has 1 unspecified atom stereocenters. The molecule has 1 atom stereocenters. The second-order valence-corrected chi connectivity index (χ2v) is 6.56. The molecule has 1 aliphatic heterocycles. The van der Waals surface area contributed by atoms with Gasteiger partial charge in [-0.1, -0.05) is 15.9 Å². The lowest BCUT2D eigenvalue weighted by molar-refractivity contribution is -0.141. The number of carbonyl (C=O) groups excluding carboxylic acids is 3. The minimum atomic E-state index is -0.505. The molecule has 2 amide bonds. The highest BCUT2D eigenvalue weighted by molar-refractivity contribution is 9.10. The average Bonchev–Trinajstić information content (AvgIpc) is 2.61. The fourth-order valence-electron chi connectivity index (χ4n) is 2.41. The van der Waals surface area contributed by atoms with Crippen molar-refractivity contribution in [3.8, 4) is 0 Å². The van der Waals surface area contributed by atoms with Crippen molar-refractivity contribution in [2.45, 2.75) is 18.9 Å². The van der Waals surface area contributed by atoms with E-state index in [-0.39, 0.29) is 37.4 Å². The molecule has 2 N–H and O–H groups in total. The number of halogens is 1. The topological polar surface area (TPSA) is 110 Å². The molecular formula is C16H21BrN4O5. The van der Waals surface area contributed by atoms with Crippen LogP contribution in [-0.2, 0) is 19.1 Å². The second-order valence-electron chi connectivity index (χ2n) is 5.65. The summed E-state index contributed by atoms with van der Waals surface area (Å²) in [5, 5.41) is 5.77. The van der Waals surface area contributed by atoms with Crippen molar-refractivity contribution in [3.05, 3.63) is 22.8 Å². The van der Waals surface area contributed by atoms with Gasteiger partial charge in [0.15, 0.2) is 0 Å². The Morgan fingerprint density at radius 1 is 1.46 bits per heavy atom. The minimum absolute atomic E-state index is 0.0254. The van der Waals surface area contributed by atoms with Crippen LogP contribution in [0.15, 0.2) is 22.8 Å². The van der Waals surface area contributed by atoms with Gasteiger partial charge in [-0.25, -0.2) is 9.78 Å². The zero-order valence-corrected chi connectivity index (χ0v) is 16.0. The van der Waals surface area contributed by atoms with Crippen LogP contribution < -0.4 is 10.6 Å². The summed E-state index contributed by atoms with van der Waals surface area (Å²) < 4.78 is 10.6. The Morgan fingerprint density at radius 2 is 2.27 bits per heavy atom. The van der Waals surface area contributed by atoms with E-state index in [2.05, 4.69) is 36.3 Å². The maximum Gasteiger partial charge on any atom is 0.409 e. The van der Waals surface area contributed by atoms with Crippen LogP contribution in [0.4, 0.5) is 10.6 Å². The number of nitrogens with one attached hydrogen (secondary N) is 2. The van der Waals surface area contributed by atoms with Crippen molar-refractivity contribution in [2.75, 3.05) is 38.7 Å². The summed E-state index contributed by atoms with van der Waals surface area (Å²) in [4.78, 5) is 40.8. The number of piperazine rings is 1. The SMILES string of the molecule is COC(=O)CC1CN(C(=O)OCCC(=O)Nc2cc(Br)ccn2)CCN1. The highest BCUT2D eigenvalue weighted by Gasteiger charge is 2.26. The minimum Gasteiger partial charge on any atom is -0.469 e. The van der Waals surface area contributed by atoms with Gasteiger partial charge in [0.25, 0.3) is 0 Å². The van der Waals surface area contributed by atoms with E-state index < -0.39 is 6.09 Å². The molecule has 0 spiro atoms. The number of methoxy groups -OCH3 is 1. The highest BCUT2D eigenvalue weighted by Crippen LogP contribution is 2.13. The zero-order chi connectivity index (χ0) is 18.9. The lowest BCUT2D eigenvalue weighted by Gasteiger charge is -2.32. The number of nitrogens with zero attached hydrogens (tertiary/aromatic N) is 2. The van der Waals surface area contributed by atoms with Crippen LogP contribution in [0.1, 0.15) is 12.8 Å². The molecule has 2 heterocycles. The van der Waals surface area contributed by atoms with Crippen LogP contribution in [0.25, 0.3) is 0 Å². The zero-order valence-electron chi connectivity index (χ0n) is 14.4. The van der Waals surface area contributed by atoms with Gasteiger partial charge in [-0.15, -0.1) is 0 Å². The number of carbonyl (C=O) groups is 3. The summed E-state index contributed by atoms with van der Waals surface area (Å²) in [6.07, 6.45) is 1.27. The Hall–Kier alpha value is -2.20. The van der Waals surface area contributed by atoms with E-state index in [1.54, 1.807) is 18.3 Å². The summed E-state index contributed by atoms with van der Waals surface area (Å²) in [7, 11) is 1.33. The molecule has 1 aromatic heterocycles. The molecule has 2 rings (SSSR count). The van der Waals surface area contributed by atoms with Crippen LogP contribution in [0.3, 0.4) is 0 Å². The first kappa shape index (κ1) is 20.1. The van der Waals surface area contributed by atoms with E-state index in [4.69, 9.17) is 4.74 Å². The number of pyridine rings is 1. The fourth-order valence-corrected chi connectivity index (χ4v) is 2.75. The summed E-state index contributed by atoms with van der Waals surface area (Å²) in [5.74, 6) is -0.216. The molecule has 1 aliphatic rings. The molecule has 9 nitrogen and oxygen atoms in total. The number of esters is 1. The van der Waals surface area contributed by atoms with E-state index in [1.165, 1.54) is 12.0 Å². The van der Waals surface area contributed by atoms with Crippen molar-refractivity contribution < 1.29 is 23.9 Å². The predicted molar refractivity (Wildman–Crippen MR) is 96.5 cm³/mol. The van der Waals surface area contributed by atoms with E-state index in [9.17, 15) is 14.4 Å². The molecule has 1 fully saturated rings. The summed E-state index contributed by atoms with van der Waals surface area (Å²) in [6, 6.07) is 3.25. The van der Waals surface area contributed by atoms with Gasteiger partial charge in [0.05, 0.1) is 20.0 Å². The van der Waals surface area contributed by atoms with Crippen LogP contribution in [0.5, 0.6) is 0 Å². The standard InChI is InChI=1S/C16H21BrN4O5/c1-25-15(23)9-12-10-21(6-5-18-12)16(24)26-7-3-14(22)20-13-8-11(17)2-4-19-13/h2,4,8,12,18H,3,5-7,9-10H2,1H3,(H,19,20,22). The normalized spacial score (nSPS) is 16.7. The van der Waals surface area contributed by atoms with Gasteiger partial charge >= 0.3 is 12.1 Å². The van der Waals surface area contributed by atoms with Crippen molar-refractivity contribution in [2.24, 2.45) is 0 Å². The van der Waals surface area contributed by atoms with Gasteiger partial charge in [0.2, 0.25) is 5.91 Å². The molecule has 1 aromatic rings. The molecule has 26 heavy (non-hydrogen) atoms. The fraction of sp³-hybridized carbons (Fsp3) is 0.500. The lowest BCUT2D eigenvalue weighted by atomic mass is 10.1. The largest absolute Gasteiger partial charge is 0.469 e. The first-order chi connectivity index (χ1) is 12.5. The molecule has 0 aromatic carbocycles. The maximum absolute atomic E-state index is 12.1. The number of ether oxygens (including phenoxy) is 2. The molecule has 0 saturated carbocycles. The molecule has 0 aliphatic carbocycles. The van der Waals surface area contributed by atoms with Gasteiger partial charge in [0, 0.05) is 36.3 Å². The number of anilines is 1. The third kappa shape index (κ3) is 6.60. The molecule has 0 radical (unpaired) electrons. The van der Waals surface area contributed by atoms with Crippen LogP contribution in [0.2, 0.25) is 0 Å². The smallest absolute Gasteiger partial charge is 0.409 e. The summed E-state index contributed by atoms with van der Waals surface area (Å²) in [6.45, 7) is 1.35. The number of rotatable bonds is 6. The highest BCUT2D eigenvalue weighted by atomic mass is 79.9. The van der Waals surface area contributed by atoms with E-state index in [0.717, 1.165) is 4.47 Å². The van der Waals surface area contributed by atoms with E-state index in [1.807, 2.05) is 0 Å². The van der Waals surface area contributed by atoms with Gasteiger partial charge in [0.1, 0.15) is 12.4 Å². The van der Waals surface area contributed by atoms with Crippen LogP contribution in [-0.4, -0.2) is 67.2 Å². The second kappa shape index (κ2) is 10.1. The van der Waals surface area contributed by atoms with Gasteiger partial charge in [-0.05, 0) is 12.1 Å². The molecule has 1 saturated heterocycles. The average molecular weight is 429 g/mol. The predicted octanol–water partition coefficient (Wildman–Crippen LogP) is 1.15. The number of amides is 2. The molecule has 10 heteroatoms. The van der Waals surface area contributed by atoms with Gasteiger partial charge < -0.3 is 25.0 Å². The first-order valence-electron chi connectivity index (χ1n) is 8.11. The monoisotopic (exact) mass is 428 g/mol. The van der Waals surface area contributed by atoms with Crippen molar-refractivity contribution >= 4 is 39.7 Å². The van der Waals surface area contributed by atoms with Crippen molar-refractivity contribution in [1.29, 1.82) is 0 Å². The number of hydrogen-bond donors (Lipinski definition) is 2. The van der Waals surface area contributed by atoms with Crippen LogP contribution >= 0.6 is 15.9 Å². The Labute approximate surface area is 159 Å². The lowest BCUT2D eigenvalue weighted by Crippen LogP contribution is -2.53. The summed E-state index contributed by atoms with van der Waals surface area (Å²) in [5.41, 5.74) is 0. The molecule has 0 bridgehead atoms. The van der Waals surface area contributed by atoms with Crippen LogP contribution in [0, 0.1) is 0 Å². The van der Waals surface area contributed by atoms with Gasteiger partial charge in [-0.3, -0.25) is 9.59 Å². The Bertz CT molecular complexity index is 657. The van der Waals surface area contributed by atoms with Crippen molar-refractivity contribution in [3.63, 3.8) is 0 Å². The maximum atomic E-state index is 12.1. The van der Waals surface area contributed by atoms with E-state index >= 15 is 0 Å². The summed E-state index contributed by atoms with van der Waals surface area (Å²) >= 11 is 3.29. The van der Waals surface area contributed by atoms with Gasteiger partial charge in [-0.2, -0.15) is 0 Å². The third-order valence-electron chi connectivity index (χ3n) is 3.70. The molecule has 142 valence electrons. The Balaban J connectivity index is 1.70. The van der Waals surface area contributed by atoms with Crippen molar-refractivity contribution in [1.82, 2.24) is 15.2 Å². The Kier molecular flexibility index (Phi) is 7.79. The number of aromatic nitrogens is 1. The number of hydrogen-bond acceptors (Lipinski definition) is 7. The Morgan fingerprint density at radius 3 is 3.00 bits per heavy atom. The first-order valence-corrected chi connectivity index (χ1v) is 8.90. The third-order valence-corrected chi connectivity index (χ3v) is 4.19. The van der Waals surface area contributed by atoms with E-state index in [0.29, 0.717) is 25.5 Å². The molecular weight excluding hydrogens is 408 g/mol. The quantitative estimate of drug-likeness (QED) is 0.653.